The van der Waals surface area contributed by atoms with Crippen molar-refractivity contribution in [3.8, 4) is 23.0 Å². The Balaban J connectivity index is 1.54. The van der Waals surface area contributed by atoms with E-state index in [0.717, 1.165) is 17.5 Å². The Bertz CT molecular complexity index is 1320. The first-order chi connectivity index (χ1) is 17.1. The number of fused-ring (bicyclic) bond motifs is 1. The van der Waals surface area contributed by atoms with E-state index in [-0.39, 0.29) is 6.03 Å². The second-order valence-corrected chi connectivity index (χ2v) is 7.97. The molecule has 2 aromatic heterocycles. The summed E-state index contributed by atoms with van der Waals surface area (Å²) in [5.74, 6) is 2.18. The SMILES string of the molecule is CCCNC(=O)Nc1ccc(Oc2ccnc3cc(OCc4ccccn4)c(OC)cc23)cc1Cl. The fourth-order valence-electron chi connectivity index (χ4n) is 3.32. The normalized spacial score (nSPS) is 10.6. The van der Waals surface area contributed by atoms with E-state index in [2.05, 4.69) is 20.6 Å². The maximum absolute atomic E-state index is 11.9. The number of halogens is 1. The summed E-state index contributed by atoms with van der Waals surface area (Å²) in [4.78, 5) is 20.6. The summed E-state index contributed by atoms with van der Waals surface area (Å²) in [6, 6.07) is 15.8. The van der Waals surface area contributed by atoms with Gasteiger partial charge in [0.15, 0.2) is 11.5 Å². The summed E-state index contributed by atoms with van der Waals surface area (Å²) in [7, 11) is 1.58. The number of rotatable bonds is 9. The van der Waals surface area contributed by atoms with Gasteiger partial charge in [0, 0.05) is 36.5 Å². The van der Waals surface area contributed by atoms with Crippen LogP contribution in [0.25, 0.3) is 10.9 Å². The number of hydrogen-bond donors (Lipinski definition) is 2. The molecule has 0 saturated heterocycles. The first kappa shape index (κ1) is 24.1. The van der Waals surface area contributed by atoms with Crippen molar-refractivity contribution >= 4 is 34.2 Å². The number of aromatic nitrogens is 2. The fraction of sp³-hybridized carbons (Fsp3) is 0.192. The number of nitrogens with zero attached hydrogens (tertiary/aromatic N) is 2. The molecule has 2 N–H and O–H groups in total. The van der Waals surface area contributed by atoms with Crippen LogP contribution in [-0.4, -0.2) is 29.7 Å². The van der Waals surface area contributed by atoms with E-state index in [1.807, 2.05) is 31.2 Å². The summed E-state index contributed by atoms with van der Waals surface area (Å²) in [5.41, 5.74) is 1.97. The molecule has 0 fully saturated rings. The zero-order chi connectivity index (χ0) is 24.6. The largest absolute Gasteiger partial charge is 0.493 e. The van der Waals surface area contributed by atoms with Gasteiger partial charge in [-0.1, -0.05) is 24.6 Å². The molecule has 0 aliphatic carbocycles. The van der Waals surface area contributed by atoms with Gasteiger partial charge < -0.3 is 24.8 Å². The van der Waals surface area contributed by atoms with Gasteiger partial charge in [-0.3, -0.25) is 9.97 Å². The number of pyridine rings is 2. The standard InChI is InChI=1S/C26H25ClN4O4/c1-3-10-30-26(32)31-21-8-7-18(13-20(21)27)35-23-9-12-29-22-15-25(24(33-2)14-19(22)23)34-16-17-6-4-5-11-28-17/h4-9,11-15H,3,10,16H2,1-2H3,(H2,30,31,32). The van der Waals surface area contributed by atoms with E-state index >= 15 is 0 Å². The molecular weight excluding hydrogens is 468 g/mol. The minimum atomic E-state index is -0.310. The number of anilines is 1. The molecule has 180 valence electrons. The summed E-state index contributed by atoms with van der Waals surface area (Å²) in [6.07, 6.45) is 4.22. The lowest BCUT2D eigenvalue weighted by atomic mass is 10.1. The van der Waals surface area contributed by atoms with E-state index in [1.165, 1.54) is 0 Å². The van der Waals surface area contributed by atoms with E-state index < -0.39 is 0 Å². The summed E-state index contributed by atoms with van der Waals surface area (Å²) in [5, 5.41) is 6.57. The van der Waals surface area contributed by atoms with E-state index in [1.54, 1.807) is 49.8 Å². The van der Waals surface area contributed by atoms with Crippen molar-refractivity contribution in [3.63, 3.8) is 0 Å². The van der Waals surface area contributed by atoms with Crippen LogP contribution >= 0.6 is 11.6 Å². The minimum absolute atomic E-state index is 0.300. The van der Waals surface area contributed by atoms with Gasteiger partial charge in [0.1, 0.15) is 18.1 Å². The maximum Gasteiger partial charge on any atom is 0.319 e. The molecule has 0 bridgehead atoms. The van der Waals surface area contributed by atoms with E-state index in [0.29, 0.717) is 52.4 Å². The summed E-state index contributed by atoms with van der Waals surface area (Å²) in [6.45, 7) is 2.86. The van der Waals surface area contributed by atoms with Gasteiger partial charge >= 0.3 is 6.03 Å². The highest BCUT2D eigenvalue weighted by atomic mass is 35.5. The molecule has 0 saturated carbocycles. The first-order valence-corrected chi connectivity index (χ1v) is 11.5. The highest BCUT2D eigenvalue weighted by molar-refractivity contribution is 6.33. The molecule has 0 aliphatic rings. The van der Waals surface area contributed by atoms with E-state index in [9.17, 15) is 4.79 Å². The predicted octanol–water partition coefficient (Wildman–Crippen LogP) is 6.19. The molecule has 9 heteroatoms. The molecule has 2 heterocycles. The van der Waals surface area contributed by atoms with Crippen LogP contribution in [0.4, 0.5) is 10.5 Å². The van der Waals surface area contributed by atoms with Gasteiger partial charge in [0.25, 0.3) is 0 Å². The molecule has 8 nitrogen and oxygen atoms in total. The zero-order valence-electron chi connectivity index (χ0n) is 19.4. The van der Waals surface area contributed by atoms with Gasteiger partial charge in [-0.05, 0) is 42.8 Å². The summed E-state index contributed by atoms with van der Waals surface area (Å²) < 4.78 is 17.6. The molecule has 35 heavy (non-hydrogen) atoms. The van der Waals surface area contributed by atoms with Crippen LogP contribution in [-0.2, 0) is 6.61 Å². The number of amides is 2. The van der Waals surface area contributed by atoms with Crippen molar-refractivity contribution in [2.24, 2.45) is 0 Å². The van der Waals surface area contributed by atoms with Gasteiger partial charge in [-0.2, -0.15) is 0 Å². The van der Waals surface area contributed by atoms with Crippen molar-refractivity contribution in [2.45, 2.75) is 20.0 Å². The lowest BCUT2D eigenvalue weighted by Gasteiger charge is -2.14. The number of carbonyl (C=O) groups is 1. The molecule has 2 aromatic carbocycles. The third kappa shape index (κ3) is 6.10. The Morgan fingerprint density at radius 1 is 1.00 bits per heavy atom. The number of ether oxygens (including phenoxy) is 3. The monoisotopic (exact) mass is 492 g/mol. The van der Waals surface area contributed by atoms with Crippen molar-refractivity contribution in [3.05, 3.63) is 77.7 Å². The number of urea groups is 1. The number of benzene rings is 2. The number of nitrogens with one attached hydrogen (secondary N) is 2. The maximum atomic E-state index is 11.9. The molecule has 2 amide bonds. The lowest BCUT2D eigenvalue weighted by molar-refractivity contribution is 0.252. The lowest BCUT2D eigenvalue weighted by Crippen LogP contribution is -2.29. The van der Waals surface area contributed by atoms with Gasteiger partial charge in [-0.15, -0.1) is 0 Å². The predicted molar refractivity (Wildman–Crippen MR) is 136 cm³/mol. The third-order valence-corrected chi connectivity index (χ3v) is 5.35. The Hall–Kier alpha value is -4.04. The van der Waals surface area contributed by atoms with Crippen molar-refractivity contribution < 1.29 is 19.0 Å². The van der Waals surface area contributed by atoms with Crippen LogP contribution in [0.15, 0.2) is 67.0 Å². The first-order valence-electron chi connectivity index (χ1n) is 11.1. The van der Waals surface area contributed by atoms with Crippen LogP contribution in [0.3, 0.4) is 0 Å². The van der Waals surface area contributed by atoms with Gasteiger partial charge in [-0.25, -0.2) is 4.79 Å². The number of methoxy groups -OCH3 is 1. The van der Waals surface area contributed by atoms with Gasteiger partial charge in [0.2, 0.25) is 0 Å². The molecule has 0 aliphatic heterocycles. The van der Waals surface area contributed by atoms with Crippen LogP contribution < -0.4 is 24.8 Å². The number of carbonyl (C=O) groups excluding carboxylic acids is 1. The topological polar surface area (TPSA) is 94.6 Å². The Kier molecular flexibility index (Phi) is 7.84. The highest BCUT2D eigenvalue weighted by Crippen LogP contribution is 2.38. The molecule has 0 spiro atoms. The second kappa shape index (κ2) is 11.4. The molecule has 0 atom stereocenters. The van der Waals surface area contributed by atoms with Crippen LogP contribution in [0.1, 0.15) is 19.0 Å². The Morgan fingerprint density at radius 3 is 2.63 bits per heavy atom. The van der Waals surface area contributed by atoms with Crippen LogP contribution in [0, 0.1) is 0 Å². The van der Waals surface area contributed by atoms with Crippen LogP contribution in [0.5, 0.6) is 23.0 Å². The molecule has 0 radical (unpaired) electrons. The average Bonchev–Trinajstić information content (AvgIpc) is 2.88. The zero-order valence-corrected chi connectivity index (χ0v) is 20.1. The average molecular weight is 493 g/mol. The van der Waals surface area contributed by atoms with Gasteiger partial charge in [0.05, 0.1) is 29.0 Å². The quantitative estimate of drug-likeness (QED) is 0.289. The minimum Gasteiger partial charge on any atom is -0.493 e. The molecule has 4 aromatic rings. The third-order valence-electron chi connectivity index (χ3n) is 5.04. The Labute approximate surface area is 208 Å². The Morgan fingerprint density at radius 2 is 1.89 bits per heavy atom. The fourth-order valence-corrected chi connectivity index (χ4v) is 3.54. The molecular formula is C26H25ClN4O4. The summed E-state index contributed by atoms with van der Waals surface area (Å²) >= 11 is 6.37. The van der Waals surface area contributed by atoms with Crippen LogP contribution in [0.2, 0.25) is 5.02 Å². The van der Waals surface area contributed by atoms with E-state index in [4.69, 9.17) is 25.8 Å². The second-order valence-electron chi connectivity index (χ2n) is 7.56. The molecule has 0 unspecified atom stereocenters. The van der Waals surface area contributed by atoms with Crippen molar-refractivity contribution in [1.29, 1.82) is 0 Å². The van der Waals surface area contributed by atoms with Crippen molar-refractivity contribution in [1.82, 2.24) is 15.3 Å². The smallest absolute Gasteiger partial charge is 0.319 e. The number of hydrogen-bond acceptors (Lipinski definition) is 6. The molecule has 4 rings (SSSR count). The highest BCUT2D eigenvalue weighted by Gasteiger charge is 2.13. The van der Waals surface area contributed by atoms with Crippen molar-refractivity contribution in [2.75, 3.05) is 19.0 Å².